The molecule has 1 aliphatic rings. The molecule has 2 aromatic rings. The fourth-order valence-electron chi connectivity index (χ4n) is 5.18. The number of carbonyl (C=O) groups excluding carboxylic acids is 2. The number of urea groups is 1. The smallest absolute Gasteiger partial charge is 0.416 e. The highest BCUT2D eigenvalue weighted by Gasteiger charge is 2.38. The van der Waals surface area contributed by atoms with Gasteiger partial charge < -0.3 is 25.7 Å². The lowest BCUT2D eigenvalue weighted by Crippen LogP contribution is -2.45. The second kappa shape index (κ2) is 13.4. The number of carbonyl (C=O) groups is 3. The van der Waals surface area contributed by atoms with Crippen LogP contribution in [-0.4, -0.2) is 51.7 Å². The Kier molecular flexibility index (Phi) is 10.6. The number of carboxylic acids is 1. The van der Waals surface area contributed by atoms with E-state index < -0.39 is 59.7 Å². The van der Waals surface area contributed by atoms with E-state index in [0.29, 0.717) is 36.5 Å². The molecule has 3 amide bonds. The molecule has 1 unspecified atom stereocenters. The van der Waals surface area contributed by atoms with Crippen LogP contribution in [0.4, 0.5) is 36.8 Å². The Morgan fingerprint density at radius 1 is 0.886 bits per heavy atom. The van der Waals surface area contributed by atoms with Crippen molar-refractivity contribution in [3.05, 3.63) is 64.7 Å². The maximum Gasteiger partial charge on any atom is 0.416 e. The van der Waals surface area contributed by atoms with Crippen molar-refractivity contribution in [2.75, 3.05) is 11.9 Å². The molecule has 8 nitrogen and oxygen atoms in total. The van der Waals surface area contributed by atoms with E-state index in [2.05, 4.69) is 31.4 Å². The normalized spacial score (nSPS) is 18.3. The van der Waals surface area contributed by atoms with Gasteiger partial charge >= 0.3 is 24.4 Å². The summed E-state index contributed by atoms with van der Waals surface area (Å²) < 4.78 is 80.4. The molecule has 1 atom stereocenters. The Hall–Kier alpha value is -3.81. The van der Waals surface area contributed by atoms with Crippen molar-refractivity contribution in [1.82, 2.24) is 10.2 Å². The molecule has 0 saturated heterocycles. The largest absolute Gasteiger partial charge is 0.479 e. The summed E-state index contributed by atoms with van der Waals surface area (Å²) in [5.74, 6) is -1.80. The first kappa shape index (κ1) is 34.7. The maximum absolute atomic E-state index is 13.5. The SMILES string of the molecule is CC(C)(C)C1CCC(N(Cc2ccc(C(=O)NCC(O)C(=O)O)cc2)C(=O)Nc2cc(C(F)(F)F)cc(C(F)(F)F)c2)CC1. The number of rotatable bonds is 8. The molecule has 2 aromatic carbocycles. The van der Waals surface area contributed by atoms with E-state index in [9.17, 15) is 45.8 Å². The van der Waals surface area contributed by atoms with Crippen molar-refractivity contribution in [2.24, 2.45) is 11.3 Å². The Balaban J connectivity index is 1.86. The molecule has 1 aliphatic carbocycles. The summed E-state index contributed by atoms with van der Waals surface area (Å²) in [5, 5.41) is 22.6. The molecule has 4 N–H and O–H groups in total. The van der Waals surface area contributed by atoms with Crippen LogP contribution in [0.15, 0.2) is 42.5 Å². The van der Waals surface area contributed by atoms with Crippen LogP contribution in [0, 0.1) is 11.3 Å². The average molecular weight is 632 g/mol. The van der Waals surface area contributed by atoms with Crippen molar-refractivity contribution in [2.45, 2.75) is 77.5 Å². The molecule has 1 fully saturated rings. The van der Waals surface area contributed by atoms with Gasteiger partial charge in [-0.3, -0.25) is 4.79 Å². The molecule has 0 aliphatic heterocycles. The van der Waals surface area contributed by atoms with E-state index in [1.807, 2.05) is 0 Å². The minimum absolute atomic E-state index is 0.0126. The lowest BCUT2D eigenvalue weighted by atomic mass is 9.71. The first-order valence-electron chi connectivity index (χ1n) is 13.9. The zero-order valence-corrected chi connectivity index (χ0v) is 24.4. The Morgan fingerprint density at radius 2 is 1.41 bits per heavy atom. The van der Waals surface area contributed by atoms with Gasteiger partial charge in [-0.05, 0) is 72.9 Å². The number of anilines is 1. The molecule has 1 saturated carbocycles. The quantitative estimate of drug-likeness (QED) is 0.247. The predicted octanol–water partition coefficient (Wildman–Crippen LogP) is 6.54. The molecule has 3 rings (SSSR count). The highest BCUT2D eigenvalue weighted by Crippen LogP contribution is 2.40. The number of nitrogens with zero attached hydrogens (tertiary/aromatic N) is 1. The minimum Gasteiger partial charge on any atom is -0.479 e. The van der Waals surface area contributed by atoms with Crippen LogP contribution in [0.3, 0.4) is 0 Å². The Morgan fingerprint density at radius 3 is 1.86 bits per heavy atom. The molecule has 14 heteroatoms. The number of aliphatic hydroxyl groups is 1. The third-order valence-corrected chi connectivity index (χ3v) is 7.77. The van der Waals surface area contributed by atoms with Gasteiger partial charge in [0, 0.05) is 23.8 Å². The number of aliphatic carboxylic acids is 1. The standard InChI is InChI=1S/C30H35F6N3O5/c1-28(2,3)19-8-10-23(11-9-19)39(16-17-4-6-18(7-5-17)25(41)37-15-24(40)26(42)43)27(44)38-22-13-20(29(31,32)33)12-21(14-22)30(34,35)36/h4-7,12-14,19,23-24,40H,8-11,15-16H2,1-3H3,(H,37,41)(H,38,44)(H,42,43). The molecule has 0 radical (unpaired) electrons. The number of nitrogens with one attached hydrogen (secondary N) is 2. The summed E-state index contributed by atoms with van der Waals surface area (Å²) in [6.07, 6.45) is -9.28. The van der Waals surface area contributed by atoms with E-state index in [-0.39, 0.29) is 29.6 Å². The number of benzene rings is 2. The summed E-state index contributed by atoms with van der Waals surface area (Å²) in [7, 11) is 0. The first-order chi connectivity index (χ1) is 20.3. The lowest BCUT2D eigenvalue weighted by molar-refractivity contribution is -0.146. The molecule has 0 spiro atoms. The van der Waals surface area contributed by atoms with Gasteiger partial charge in [0.15, 0.2) is 6.10 Å². The lowest BCUT2D eigenvalue weighted by Gasteiger charge is -2.41. The van der Waals surface area contributed by atoms with Gasteiger partial charge in [0.05, 0.1) is 17.7 Å². The van der Waals surface area contributed by atoms with Crippen LogP contribution >= 0.6 is 0 Å². The van der Waals surface area contributed by atoms with Gasteiger partial charge in [-0.25, -0.2) is 9.59 Å². The Bertz CT molecular complexity index is 1300. The minimum atomic E-state index is -5.08. The van der Waals surface area contributed by atoms with E-state index in [4.69, 9.17) is 5.11 Å². The van der Waals surface area contributed by atoms with Crippen LogP contribution in [0.1, 0.15) is 73.5 Å². The number of halogens is 6. The number of carboxylic acid groups (broad SMARTS) is 1. The summed E-state index contributed by atoms with van der Waals surface area (Å²) in [4.78, 5) is 38.0. The molecule has 0 aromatic heterocycles. The van der Waals surface area contributed by atoms with Crippen LogP contribution in [-0.2, 0) is 23.7 Å². The maximum atomic E-state index is 13.5. The fraction of sp³-hybridized carbons (Fsp3) is 0.500. The molecular formula is C30H35F6N3O5. The van der Waals surface area contributed by atoms with Crippen LogP contribution in [0.5, 0.6) is 0 Å². The van der Waals surface area contributed by atoms with Crippen molar-refractivity contribution in [1.29, 1.82) is 0 Å². The fourth-order valence-corrected chi connectivity index (χ4v) is 5.18. The van der Waals surface area contributed by atoms with Crippen LogP contribution in [0.25, 0.3) is 0 Å². The topological polar surface area (TPSA) is 119 Å². The molecule has 0 heterocycles. The summed E-state index contributed by atoms with van der Waals surface area (Å²) in [5.41, 5.74) is -3.08. The summed E-state index contributed by atoms with van der Waals surface area (Å²) in [6.45, 7) is 5.74. The van der Waals surface area contributed by atoms with Crippen molar-refractivity contribution in [3.8, 4) is 0 Å². The Labute approximate surface area is 250 Å². The number of aliphatic hydroxyl groups excluding tert-OH is 1. The summed E-state index contributed by atoms with van der Waals surface area (Å²) >= 11 is 0. The van der Waals surface area contributed by atoms with Gasteiger partial charge in [-0.2, -0.15) is 26.3 Å². The number of hydrogen-bond acceptors (Lipinski definition) is 4. The monoisotopic (exact) mass is 631 g/mol. The third-order valence-electron chi connectivity index (χ3n) is 7.77. The van der Waals surface area contributed by atoms with Crippen LogP contribution < -0.4 is 10.6 Å². The van der Waals surface area contributed by atoms with E-state index in [1.54, 1.807) is 0 Å². The second-order valence-corrected chi connectivity index (χ2v) is 12.0. The van der Waals surface area contributed by atoms with Gasteiger partial charge in [-0.15, -0.1) is 0 Å². The highest BCUT2D eigenvalue weighted by molar-refractivity contribution is 5.94. The molecule has 242 valence electrons. The van der Waals surface area contributed by atoms with Gasteiger partial charge in [0.2, 0.25) is 0 Å². The van der Waals surface area contributed by atoms with E-state index in [0.717, 1.165) is 12.8 Å². The number of amides is 3. The number of hydrogen-bond donors (Lipinski definition) is 4. The molecular weight excluding hydrogens is 596 g/mol. The average Bonchev–Trinajstić information content (AvgIpc) is 2.93. The first-order valence-corrected chi connectivity index (χ1v) is 13.9. The second-order valence-electron chi connectivity index (χ2n) is 12.0. The highest BCUT2D eigenvalue weighted by atomic mass is 19.4. The molecule has 0 bridgehead atoms. The predicted molar refractivity (Wildman–Crippen MR) is 149 cm³/mol. The van der Waals surface area contributed by atoms with E-state index >= 15 is 0 Å². The van der Waals surface area contributed by atoms with Gasteiger partial charge in [0.25, 0.3) is 5.91 Å². The van der Waals surface area contributed by atoms with E-state index in [1.165, 1.54) is 29.2 Å². The third kappa shape index (κ3) is 9.34. The van der Waals surface area contributed by atoms with Gasteiger partial charge in [0.1, 0.15) is 0 Å². The van der Waals surface area contributed by atoms with Crippen molar-refractivity contribution < 1.29 is 50.9 Å². The van der Waals surface area contributed by atoms with Crippen molar-refractivity contribution >= 4 is 23.6 Å². The zero-order valence-electron chi connectivity index (χ0n) is 24.4. The van der Waals surface area contributed by atoms with Gasteiger partial charge in [-0.1, -0.05) is 32.9 Å². The number of alkyl halides is 6. The van der Waals surface area contributed by atoms with Crippen LogP contribution in [0.2, 0.25) is 0 Å². The van der Waals surface area contributed by atoms with Crippen molar-refractivity contribution in [3.63, 3.8) is 0 Å². The zero-order chi connectivity index (χ0) is 33.0. The molecule has 44 heavy (non-hydrogen) atoms. The summed E-state index contributed by atoms with van der Waals surface area (Å²) in [6, 6.07) is 5.53.